The number of hydrogen-bond acceptors (Lipinski definition) is 4. The van der Waals surface area contributed by atoms with Gasteiger partial charge in [-0.15, -0.1) is 0 Å². The van der Waals surface area contributed by atoms with Crippen LogP contribution < -0.4 is 10.2 Å². The Labute approximate surface area is 166 Å². The fraction of sp³-hybridized carbons (Fsp3) is 0.250. The lowest BCUT2D eigenvalue weighted by molar-refractivity contribution is -0.122. The van der Waals surface area contributed by atoms with E-state index in [-0.39, 0.29) is 18.2 Å². The Morgan fingerprint density at radius 3 is 3.00 bits per heavy atom. The van der Waals surface area contributed by atoms with E-state index in [0.717, 1.165) is 16.9 Å². The van der Waals surface area contributed by atoms with Crippen molar-refractivity contribution in [3.63, 3.8) is 0 Å². The number of imidazole rings is 1. The van der Waals surface area contributed by atoms with Gasteiger partial charge in [-0.05, 0) is 36.4 Å². The highest BCUT2D eigenvalue weighted by Crippen LogP contribution is 2.28. The van der Waals surface area contributed by atoms with E-state index in [2.05, 4.69) is 15.3 Å². The molecule has 8 heteroatoms. The first-order valence-corrected chi connectivity index (χ1v) is 9.25. The highest BCUT2D eigenvalue weighted by atomic mass is 35.5. The summed E-state index contributed by atoms with van der Waals surface area (Å²) in [6, 6.07) is 12.5. The number of ether oxygens (including phenoxy) is 1. The number of halogens is 1. The normalized spacial score (nSPS) is 16.7. The standard InChI is InChI=1S/C20H19ClN4O3/c1-28-11-18-23-16-6-5-14(9-17(16)24-18)22-20(27)12-7-19(26)25(10-12)15-4-2-3-13(21)8-15/h2-6,8-9,12H,7,10-11H2,1H3,(H,22,27)(H,23,24)/t12-/m1/s1. The summed E-state index contributed by atoms with van der Waals surface area (Å²) in [5.74, 6) is 0.0250. The predicted molar refractivity (Wildman–Crippen MR) is 107 cm³/mol. The number of hydrogen-bond donors (Lipinski definition) is 2. The summed E-state index contributed by atoms with van der Waals surface area (Å²) in [6.45, 7) is 0.717. The molecule has 2 heterocycles. The third-order valence-corrected chi connectivity index (χ3v) is 4.93. The summed E-state index contributed by atoms with van der Waals surface area (Å²) in [5.41, 5.74) is 2.97. The number of fused-ring (bicyclic) bond motifs is 1. The largest absolute Gasteiger partial charge is 0.377 e. The van der Waals surface area contributed by atoms with Crippen LogP contribution in [0.5, 0.6) is 0 Å². The van der Waals surface area contributed by atoms with Crippen molar-refractivity contribution in [1.29, 1.82) is 0 Å². The molecule has 2 N–H and O–H groups in total. The van der Waals surface area contributed by atoms with Gasteiger partial charge in [0.1, 0.15) is 12.4 Å². The van der Waals surface area contributed by atoms with Crippen LogP contribution in [0.2, 0.25) is 5.02 Å². The van der Waals surface area contributed by atoms with Gasteiger partial charge in [0.2, 0.25) is 11.8 Å². The highest BCUT2D eigenvalue weighted by molar-refractivity contribution is 6.31. The van der Waals surface area contributed by atoms with Gasteiger partial charge in [0, 0.05) is 36.5 Å². The molecular weight excluding hydrogens is 380 g/mol. The molecule has 0 saturated carbocycles. The summed E-state index contributed by atoms with van der Waals surface area (Å²) in [4.78, 5) is 34.2. The first-order chi connectivity index (χ1) is 13.5. The van der Waals surface area contributed by atoms with Crippen LogP contribution in [-0.4, -0.2) is 35.4 Å². The molecule has 1 fully saturated rings. The number of methoxy groups -OCH3 is 1. The molecule has 0 radical (unpaired) electrons. The van der Waals surface area contributed by atoms with E-state index >= 15 is 0 Å². The smallest absolute Gasteiger partial charge is 0.229 e. The van der Waals surface area contributed by atoms with Gasteiger partial charge in [0.05, 0.1) is 17.0 Å². The number of aromatic nitrogens is 2. The Kier molecular flexibility index (Phi) is 5.02. The van der Waals surface area contributed by atoms with Crippen LogP contribution in [-0.2, 0) is 20.9 Å². The van der Waals surface area contributed by atoms with Crippen LogP contribution in [0.25, 0.3) is 11.0 Å². The summed E-state index contributed by atoms with van der Waals surface area (Å²) in [7, 11) is 1.61. The van der Waals surface area contributed by atoms with Gasteiger partial charge in [0.25, 0.3) is 0 Å². The number of nitrogens with one attached hydrogen (secondary N) is 2. The molecule has 1 aromatic heterocycles. The van der Waals surface area contributed by atoms with Crippen molar-refractivity contribution in [2.24, 2.45) is 5.92 Å². The van der Waals surface area contributed by atoms with Crippen LogP contribution in [0.1, 0.15) is 12.2 Å². The zero-order chi connectivity index (χ0) is 19.7. The summed E-state index contributed by atoms with van der Waals surface area (Å²) in [6.07, 6.45) is 0.169. The first-order valence-electron chi connectivity index (χ1n) is 8.88. The molecule has 1 atom stereocenters. The summed E-state index contributed by atoms with van der Waals surface area (Å²) >= 11 is 6.01. The molecule has 1 saturated heterocycles. The van der Waals surface area contributed by atoms with Crippen molar-refractivity contribution in [2.75, 3.05) is 23.9 Å². The lowest BCUT2D eigenvalue weighted by atomic mass is 10.1. The third-order valence-electron chi connectivity index (χ3n) is 4.70. The van der Waals surface area contributed by atoms with Crippen LogP contribution in [0, 0.1) is 5.92 Å². The zero-order valence-corrected chi connectivity index (χ0v) is 16.0. The molecule has 0 aliphatic carbocycles. The quantitative estimate of drug-likeness (QED) is 0.689. The molecule has 1 aliphatic heterocycles. The van der Waals surface area contributed by atoms with Gasteiger partial charge < -0.3 is 19.9 Å². The molecule has 0 unspecified atom stereocenters. The topological polar surface area (TPSA) is 87.3 Å². The van der Waals surface area contributed by atoms with Crippen LogP contribution in [0.3, 0.4) is 0 Å². The predicted octanol–water partition coefficient (Wildman–Crippen LogP) is 3.35. The maximum atomic E-state index is 12.7. The van der Waals surface area contributed by atoms with E-state index in [0.29, 0.717) is 29.5 Å². The second-order valence-corrected chi connectivity index (χ2v) is 7.16. The van der Waals surface area contributed by atoms with Gasteiger partial charge in [-0.3, -0.25) is 9.59 Å². The number of anilines is 2. The van der Waals surface area contributed by atoms with E-state index in [4.69, 9.17) is 16.3 Å². The number of H-pyrrole nitrogens is 1. The Balaban J connectivity index is 1.46. The second-order valence-electron chi connectivity index (χ2n) is 6.72. The number of nitrogens with zero attached hydrogens (tertiary/aromatic N) is 2. The average molecular weight is 399 g/mol. The Morgan fingerprint density at radius 1 is 1.36 bits per heavy atom. The van der Waals surface area contributed by atoms with Gasteiger partial charge >= 0.3 is 0 Å². The SMILES string of the molecule is COCc1nc2ccc(NC(=O)[C@@H]3CC(=O)N(c4cccc(Cl)c4)C3)cc2[nH]1. The van der Waals surface area contributed by atoms with Crippen molar-refractivity contribution in [2.45, 2.75) is 13.0 Å². The Morgan fingerprint density at radius 2 is 2.21 bits per heavy atom. The van der Waals surface area contributed by atoms with Gasteiger partial charge in [0.15, 0.2) is 0 Å². The number of amides is 2. The third kappa shape index (κ3) is 3.72. The van der Waals surface area contributed by atoms with E-state index in [1.807, 2.05) is 18.2 Å². The number of carbonyl (C=O) groups excluding carboxylic acids is 2. The van der Waals surface area contributed by atoms with E-state index in [1.54, 1.807) is 36.3 Å². The molecule has 3 aromatic rings. The molecule has 2 aromatic carbocycles. The zero-order valence-electron chi connectivity index (χ0n) is 15.2. The van der Waals surface area contributed by atoms with Crippen molar-refractivity contribution < 1.29 is 14.3 Å². The van der Waals surface area contributed by atoms with Gasteiger partial charge in [-0.2, -0.15) is 0 Å². The Bertz CT molecular complexity index is 1050. The fourth-order valence-electron chi connectivity index (χ4n) is 3.37. The first kappa shape index (κ1) is 18.5. The molecule has 2 amide bonds. The lowest BCUT2D eigenvalue weighted by Crippen LogP contribution is -2.28. The molecule has 1 aliphatic rings. The number of carbonyl (C=O) groups is 2. The van der Waals surface area contributed by atoms with Crippen LogP contribution >= 0.6 is 11.6 Å². The van der Waals surface area contributed by atoms with Crippen LogP contribution in [0.15, 0.2) is 42.5 Å². The van der Waals surface area contributed by atoms with E-state index in [9.17, 15) is 9.59 Å². The molecule has 144 valence electrons. The fourth-order valence-corrected chi connectivity index (χ4v) is 3.55. The molecular formula is C20H19ClN4O3. The molecule has 28 heavy (non-hydrogen) atoms. The lowest BCUT2D eigenvalue weighted by Gasteiger charge is -2.17. The van der Waals surface area contributed by atoms with Crippen LogP contribution in [0.4, 0.5) is 11.4 Å². The summed E-state index contributed by atoms with van der Waals surface area (Å²) < 4.78 is 5.08. The molecule has 4 rings (SSSR count). The van der Waals surface area contributed by atoms with E-state index < -0.39 is 5.92 Å². The highest BCUT2D eigenvalue weighted by Gasteiger charge is 2.35. The minimum absolute atomic E-state index is 0.0874. The van der Waals surface area contributed by atoms with Gasteiger partial charge in [-0.25, -0.2) is 4.98 Å². The van der Waals surface area contributed by atoms with Crippen molar-refractivity contribution in [3.05, 3.63) is 53.3 Å². The molecule has 7 nitrogen and oxygen atoms in total. The minimum Gasteiger partial charge on any atom is -0.377 e. The summed E-state index contributed by atoms with van der Waals surface area (Å²) in [5, 5.41) is 3.45. The Hall–Kier alpha value is -2.90. The van der Waals surface area contributed by atoms with Crippen molar-refractivity contribution in [3.8, 4) is 0 Å². The molecule has 0 bridgehead atoms. The maximum absolute atomic E-state index is 12.7. The maximum Gasteiger partial charge on any atom is 0.229 e. The number of rotatable bonds is 5. The minimum atomic E-state index is -0.423. The van der Waals surface area contributed by atoms with Crippen molar-refractivity contribution in [1.82, 2.24) is 9.97 Å². The van der Waals surface area contributed by atoms with E-state index in [1.165, 1.54) is 0 Å². The second kappa shape index (κ2) is 7.61. The number of benzene rings is 2. The average Bonchev–Trinajstić information content (AvgIpc) is 3.24. The monoisotopic (exact) mass is 398 g/mol. The molecule has 0 spiro atoms. The van der Waals surface area contributed by atoms with Gasteiger partial charge in [-0.1, -0.05) is 17.7 Å². The van der Waals surface area contributed by atoms with Crippen molar-refractivity contribution >= 4 is 45.8 Å². The number of aromatic amines is 1.